The molecule has 4 rings (SSSR count). The highest BCUT2D eigenvalue weighted by Crippen LogP contribution is 2.35. The van der Waals surface area contributed by atoms with Gasteiger partial charge in [0.05, 0.1) is 24.5 Å². The molecule has 35 heavy (non-hydrogen) atoms. The molecule has 188 valence electrons. The van der Waals surface area contributed by atoms with E-state index in [0.29, 0.717) is 34.2 Å². The minimum absolute atomic E-state index is 0.00594. The molecule has 1 aliphatic rings. The molecule has 2 aromatic heterocycles. The Balaban J connectivity index is 1.69. The number of carbonyl (C=O) groups excluding carboxylic acids is 1. The van der Waals surface area contributed by atoms with Crippen LogP contribution < -0.4 is 15.6 Å². The Bertz CT molecular complexity index is 1430. The SMILES string of the molecule is COc1ccc(C)cc1NC(=O)Cn1cnc2sc(C)c(S(=O)(=O)N3C[C@H](C)C[C@H](C)C3)c2c1=O. The molecule has 1 amide bonds. The molecule has 1 saturated heterocycles. The molecule has 0 aliphatic carbocycles. The van der Waals surface area contributed by atoms with Crippen LogP contribution in [-0.4, -0.2) is 48.4 Å². The molecule has 11 heteroatoms. The number of piperidine rings is 1. The summed E-state index contributed by atoms with van der Waals surface area (Å²) in [5, 5.41) is 2.81. The Morgan fingerprint density at radius 1 is 1.23 bits per heavy atom. The first kappa shape index (κ1) is 25.3. The van der Waals surface area contributed by atoms with Gasteiger partial charge in [-0.05, 0) is 49.8 Å². The number of rotatable bonds is 6. The van der Waals surface area contributed by atoms with Crippen LogP contribution in [0, 0.1) is 25.7 Å². The van der Waals surface area contributed by atoms with E-state index in [9.17, 15) is 18.0 Å². The Hall–Kier alpha value is -2.76. The van der Waals surface area contributed by atoms with E-state index in [1.807, 2.05) is 26.8 Å². The molecule has 1 N–H and O–H groups in total. The normalized spacial score (nSPS) is 19.1. The zero-order valence-electron chi connectivity index (χ0n) is 20.5. The molecule has 3 aromatic rings. The number of methoxy groups -OCH3 is 1. The van der Waals surface area contributed by atoms with Crippen molar-refractivity contribution in [2.45, 2.75) is 45.6 Å². The number of nitrogens with zero attached hydrogens (tertiary/aromatic N) is 3. The second-order valence-corrected chi connectivity index (χ2v) is 12.4. The van der Waals surface area contributed by atoms with Crippen LogP contribution in [0.25, 0.3) is 10.2 Å². The van der Waals surface area contributed by atoms with Gasteiger partial charge in [-0.15, -0.1) is 11.3 Å². The van der Waals surface area contributed by atoms with Gasteiger partial charge in [-0.25, -0.2) is 13.4 Å². The molecule has 1 aliphatic heterocycles. The maximum absolute atomic E-state index is 13.7. The van der Waals surface area contributed by atoms with Crippen LogP contribution in [0.5, 0.6) is 5.75 Å². The topological polar surface area (TPSA) is 111 Å². The molecule has 1 fully saturated rings. The second-order valence-electron chi connectivity index (χ2n) is 9.37. The molecule has 1 aromatic carbocycles. The van der Waals surface area contributed by atoms with E-state index in [1.165, 1.54) is 29.1 Å². The number of thiophene rings is 1. The lowest BCUT2D eigenvalue weighted by atomic mass is 9.94. The molecular weight excluding hydrogens is 488 g/mol. The fourth-order valence-corrected chi connectivity index (χ4v) is 8.08. The first-order chi connectivity index (χ1) is 16.5. The largest absolute Gasteiger partial charge is 0.495 e. The maximum Gasteiger partial charge on any atom is 0.263 e. The van der Waals surface area contributed by atoms with Gasteiger partial charge in [0, 0.05) is 18.0 Å². The van der Waals surface area contributed by atoms with E-state index < -0.39 is 21.5 Å². The lowest BCUT2D eigenvalue weighted by Gasteiger charge is -2.34. The fraction of sp³-hybridized carbons (Fsp3) is 0.458. The van der Waals surface area contributed by atoms with Crippen LogP contribution in [0.3, 0.4) is 0 Å². The van der Waals surface area contributed by atoms with E-state index in [2.05, 4.69) is 10.3 Å². The highest BCUT2D eigenvalue weighted by Gasteiger charge is 2.35. The number of nitrogens with one attached hydrogen (secondary N) is 1. The molecule has 0 radical (unpaired) electrons. The molecule has 3 heterocycles. The lowest BCUT2D eigenvalue weighted by Crippen LogP contribution is -2.42. The van der Waals surface area contributed by atoms with Gasteiger partial charge in [-0.2, -0.15) is 4.31 Å². The van der Waals surface area contributed by atoms with Crippen molar-refractivity contribution in [2.75, 3.05) is 25.5 Å². The molecular formula is C24H30N4O5S2. The number of amides is 1. The third kappa shape index (κ3) is 4.98. The molecule has 0 bridgehead atoms. The van der Waals surface area contributed by atoms with Crippen molar-refractivity contribution in [1.29, 1.82) is 0 Å². The van der Waals surface area contributed by atoms with Crippen LogP contribution in [-0.2, 0) is 21.4 Å². The van der Waals surface area contributed by atoms with Gasteiger partial charge < -0.3 is 10.1 Å². The summed E-state index contributed by atoms with van der Waals surface area (Å²) in [7, 11) is -2.39. The van der Waals surface area contributed by atoms with Crippen molar-refractivity contribution >= 4 is 43.2 Å². The summed E-state index contributed by atoms with van der Waals surface area (Å²) in [5.74, 6) is 0.510. The van der Waals surface area contributed by atoms with Gasteiger partial charge in [0.1, 0.15) is 22.0 Å². The van der Waals surface area contributed by atoms with Gasteiger partial charge in [0.15, 0.2) is 0 Å². The molecule has 9 nitrogen and oxygen atoms in total. The summed E-state index contributed by atoms with van der Waals surface area (Å²) in [6.07, 6.45) is 2.25. The number of anilines is 1. The van der Waals surface area contributed by atoms with Gasteiger partial charge in [-0.1, -0.05) is 19.9 Å². The number of aromatic nitrogens is 2. The minimum atomic E-state index is -3.90. The number of benzene rings is 1. The predicted octanol–water partition coefficient (Wildman–Crippen LogP) is 3.39. The van der Waals surface area contributed by atoms with E-state index in [4.69, 9.17) is 4.74 Å². The number of ether oxygens (including phenoxy) is 1. The lowest BCUT2D eigenvalue weighted by molar-refractivity contribution is -0.116. The van der Waals surface area contributed by atoms with E-state index >= 15 is 0 Å². The Morgan fingerprint density at radius 3 is 2.57 bits per heavy atom. The van der Waals surface area contributed by atoms with Crippen LogP contribution in [0.4, 0.5) is 5.69 Å². The van der Waals surface area contributed by atoms with Gasteiger partial charge in [-0.3, -0.25) is 14.2 Å². The molecule has 2 atom stereocenters. The van der Waals surface area contributed by atoms with Crippen LogP contribution >= 0.6 is 11.3 Å². The fourth-order valence-electron chi connectivity index (χ4n) is 4.73. The quantitative estimate of drug-likeness (QED) is 0.536. The smallest absolute Gasteiger partial charge is 0.263 e. The number of hydrogen-bond acceptors (Lipinski definition) is 7. The Morgan fingerprint density at radius 2 is 1.91 bits per heavy atom. The summed E-state index contributed by atoms with van der Waals surface area (Å²) in [5.41, 5.74) is 0.872. The first-order valence-electron chi connectivity index (χ1n) is 11.4. The maximum atomic E-state index is 13.7. The second kappa shape index (κ2) is 9.71. The number of aryl methyl sites for hydroxylation is 2. The van der Waals surface area contributed by atoms with E-state index in [-0.39, 0.29) is 28.7 Å². The van der Waals surface area contributed by atoms with Gasteiger partial charge in [0.25, 0.3) is 5.56 Å². The number of hydrogen-bond donors (Lipinski definition) is 1. The van der Waals surface area contributed by atoms with E-state index in [0.717, 1.165) is 16.6 Å². The summed E-state index contributed by atoms with van der Waals surface area (Å²) in [6.45, 7) is 8.17. The van der Waals surface area contributed by atoms with Crippen molar-refractivity contribution < 1.29 is 17.9 Å². The summed E-state index contributed by atoms with van der Waals surface area (Å²) >= 11 is 1.17. The molecule has 0 unspecified atom stereocenters. The van der Waals surface area contributed by atoms with Crippen LogP contribution in [0.15, 0.2) is 34.2 Å². The number of fused-ring (bicyclic) bond motifs is 1. The Kier molecular flexibility index (Phi) is 7.03. The predicted molar refractivity (Wildman–Crippen MR) is 137 cm³/mol. The minimum Gasteiger partial charge on any atom is -0.495 e. The highest BCUT2D eigenvalue weighted by molar-refractivity contribution is 7.89. The zero-order valence-corrected chi connectivity index (χ0v) is 22.1. The summed E-state index contributed by atoms with van der Waals surface area (Å²) in [4.78, 5) is 31.4. The van der Waals surface area contributed by atoms with Gasteiger partial charge in [0.2, 0.25) is 15.9 Å². The third-order valence-electron chi connectivity index (χ3n) is 6.18. The molecule has 0 saturated carbocycles. The van der Waals surface area contributed by atoms with Crippen molar-refractivity contribution in [3.05, 3.63) is 45.3 Å². The standard InChI is InChI=1S/C24H30N4O5S2/c1-14-6-7-19(33-5)18(9-14)26-20(29)12-27-13-25-23-21(24(27)30)22(17(4)34-23)35(31,32)28-10-15(2)8-16(3)11-28/h6-7,9,13,15-16H,8,10-12H2,1-5H3,(H,26,29)/t15-,16+. The zero-order chi connectivity index (χ0) is 25.5. The van der Waals surface area contributed by atoms with E-state index in [1.54, 1.807) is 19.1 Å². The van der Waals surface area contributed by atoms with Crippen LogP contribution in [0.1, 0.15) is 30.7 Å². The third-order valence-corrected chi connectivity index (χ3v) is 9.32. The van der Waals surface area contributed by atoms with Crippen molar-refractivity contribution in [3.8, 4) is 5.75 Å². The van der Waals surface area contributed by atoms with Crippen molar-refractivity contribution in [2.24, 2.45) is 11.8 Å². The first-order valence-corrected chi connectivity index (χ1v) is 13.7. The average molecular weight is 519 g/mol. The van der Waals surface area contributed by atoms with Gasteiger partial charge >= 0.3 is 0 Å². The number of sulfonamides is 1. The highest BCUT2D eigenvalue weighted by atomic mass is 32.2. The molecule has 0 spiro atoms. The average Bonchev–Trinajstić information content (AvgIpc) is 3.12. The van der Waals surface area contributed by atoms with Crippen LogP contribution in [0.2, 0.25) is 0 Å². The number of carbonyl (C=O) groups is 1. The summed E-state index contributed by atoms with van der Waals surface area (Å²) in [6, 6.07) is 5.38. The van der Waals surface area contributed by atoms with Crippen molar-refractivity contribution in [1.82, 2.24) is 13.9 Å². The van der Waals surface area contributed by atoms with Crippen molar-refractivity contribution in [3.63, 3.8) is 0 Å². The Labute approximate surface area is 208 Å². The monoisotopic (exact) mass is 518 g/mol. The summed E-state index contributed by atoms with van der Waals surface area (Å²) < 4.78 is 35.3.